The highest BCUT2D eigenvalue weighted by Crippen LogP contribution is 2.47. The molecular formula is C33H45ClN4O4. The molecule has 2 aliphatic rings. The van der Waals surface area contributed by atoms with E-state index in [1.54, 1.807) is 12.3 Å². The number of anilines is 1. The number of halogens is 1. The third kappa shape index (κ3) is 6.29. The van der Waals surface area contributed by atoms with Gasteiger partial charge in [-0.25, -0.2) is 4.79 Å². The molecule has 9 heteroatoms. The number of carbonyl (C=O) groups is 3. The van der Waals surface area contributed by atoms with Crippen LogP contribution in [0, 0.1) is 5.41 Å². The summed E-state index contributed by atoms with van der Waals surface area (Å²) in [6, 6.07) is 8.20. The van der Waals surface area contributed by atoms with Crippen molar-refractivity contribution >= 4 is 35.2 Å². The molecule has 1 aliphatic heterocycles. The summed E-state index contributed by atoms with van der Waals surface area (Å²) in [7, 11) is 0. The van der Waals surface area contributed by atoms with E-state index in [0.29, 0.717) is 29.1 Å². The van der Waals surface area contributed by atoms with E-state index in [-0.39, 0.29) is 23.9 Å². The van der Waals surface area contributed by atoms with Gasteiger partial charge in [0.15, 0.2) is 0 Å². The van der Waals surface area contributed by atoms with Crippen LogP contribution in [0.5, 0.6) is 0 Å². The van der Waals surface area contributed by atoms with Crippen LogP contribution in [0.15, 0.2) is 42.7 Å². The zero-order valence-corrected chi connectivity index (χ0v) is 26.5. The number of hydrogen-bond acceptors (Lipinski definition) is 4. The second-order valence-corrected chi connectivity index (χ2v) is 14.2. The quantitative estimate of drug-likeness (QED) is 0.370. The maximum absolute atomic E-state index is 15.2. The molecule has 2 fully saturated rings. The van der Waals surface area contributed by atoms with Crippen molar-refractivity contribution < 1.29 is 19.5 Å². The lowest BCUT2D eigenvalue weighted by Crippen LogP contribution is -2.66. The SMILES string of the molecule is CC(C)(C)c1ccc(N(C(=O)[C@]2(C(C)(C)C)CCCN2C(=O)O)C(C(=O)NC2CCCCC2)c2cncc(Cl)c2)cc1. The highest BCUT2D eigenvalue weighted by molar-refractivity contribution is 6.30. The van der Waals surface area contributed by atoms with E-state index in [4.69, 9.17) is 11.6 Å². The Kier molecular flexibility index (Phi) is 9.26. The van der Waals surface area contributed by atoms with Gasteiger partial charge in [-0.2, -0.15) is 0 Å². The molecule has 8 nitrogen and oxygen atoms in total. The van der Waals surface area contributed by atoms with E-state index in [2.05, 4.69) is 31.1 Å². The molecule has 1 aliphatic carbocycles. The molecule has 1 aromatic carbocycles. The summed E-state index contributed by atoms with van der Waals surface area (Å²) in [6.45, 7) is 12.3. The number of rotatable bonds is 6. The fourth-order valence-corrected chi connectivity index (χ4v) is 6.81. The Morgan fingerprint density at radius 2 is 1.67 bits per heavy atom. The predicted molar refractivity (Wildman–Crippen MR) is 166 cm³/mol. The van der Waals surface area contributed by atoms with Crippen LogP contribution < -0.4 is 10.2 Å². The fourth-order valence-electron chi connectivity index (χ4n) is 6.63. The number of likely N-dealkylation sites (tertiary alicyclic amines) is 1. The van der Waals surface area contributed by atoms with E-state index in [0.717, 1.165) is 37.7 Å². The molecule has 1 aromatic heterocycles. The molecule has 0 bridgehead atoms. The Labute approximate surface area is 254 Å². The number of pyridine rings is 1. The lowest BCUT2D eigenvalue weighted by Gasteiger charge is -2.49. The molecule has 0 radical (unpaired) electrons. The first-order chi connectivity index (χ1) is 19.7. The average molecular weight is 597 g/mol. The summed E-state index contributed by atoms with van der Waals surface area (Å²) >= 11 is 6.39. The van der Waals surface area contributed by atoms with Crippen molar-refractivity contribution in [2.24, 2.45) is 5.41 Å². The van der Waals surface area contributed by atoms with Crippen molar-refractivity contribution in [3.05, 3.63) is 58.9 Å². The van der Waals surface area contributed by atoms with Gasteiger partial charge in [0.25, 0.3) is 5.91 Å². The normalized spacial score (nSPS) is 20.7. The minimum Gasteiger partial charge on any atom is -0.465 e. The molecule has 228 valence electrons. The first-order valence-corrected chi connectivity index (χ1v) is 15.4. The van der Waals surface area contributed by atoms with Crippen molar-refractivity contribution in [2.75, 3.05) is 11.4 Å². The average Bonchev–Trinajstić information content (AvgIpc) is 3.39. The highest BCUT2D eigenvalue weighted by atomic mass is 35.5. The number of carboxylic acid groups (broad SMARTS) is 1. The number of nitrogens with zero attached hydrogens (tertiary/aromatic N) is 3. The van der Waals surface area contributed by atoms with Crippen LogP contribution in [0.1, 0.15) is 104 Å². The Morgan fingerprint density at radius 1 is 1.02 bits per heavy atom. The zero-order chi connectivity index (χ0) is 30.9. The van der Waals surface area contributed by atoms with E-state index in [1.807, 2.05) is 45.0 Å². The number of amides is 3. The number of benzene rings is 1. The number of carbonyl (C=O) groups excluding carboxylic acids is 2. The van der Waals surface area contributed by atoms with Gasteiger partial charge in [-0.05, 0) is 60.3 Å². The van der Waals surface area contributed by atoms with Crippen LogP contribution in [-0.2, 0) is 15.0 Å². The van der Waals surface area contributed by atoms with Gasteiger partial charge in [0.05, 0.1) is 5.02 Å². The third-order valence-corrected chi connectivity index (χ3v) is 9.14. The number of aromatic nitrogens is 1. The molecule has 2 heterocycles. The summed E-state index contributed by atoms with van der Waals surface area (Å²) in [5.41, 5.74) is -0.230. The van der Waals surface area contributed by atoms with Gasteiger partial charge in [-0.15, -0.1) is 0 Å². The van der Waals surface area contributed by atoms with Gasteiger partial charge in [0.2, 0.25) is 5.91 Å². The molecule has 0 spiro atoms. The maximum Gasteiger partial charge on any atom is 0.408 e. The predicted octanol–water partition coefficient (Wildman–Crippen LogP) is 7.11. The van der Waals surface area contributed by atoms with Crippen molar-refractivity contribution in [1.82, 2.24) is 15.2 Å². The van der Waals surface area contributed by atoms with Crippen LogP contribution in [0.4, 0.5) is 10.5 Å². The minimum atomic E-state index is -1.39. The lowest BCUT2D eigenvalue weighted by atomic mass is 9.70. The van der Waals surface area contributed by atoms with E-state index >= 15 is 4.79 Å². The molecule has 3 amide bonds. The Bertz CT molecular complexity index is 1290. The second-order valence-electron chi connectivity index (χ2n) is 13.8. The summed E-state index contributed by atoms with van der Waals surface area (Å²) in [5, 5.41) is 13.9. The lowest BCUT2D eigenvalue weighted by molar-refractivity contribution is -0.137. The number of hydrogen-bond donors (Lipinski definition) is 2. The molecule has 1 saturated heterocycles. The second kappa shape index (κ2) is 12.2. The first kappa shape index (κ1) is 31.8. The molecule has 4 rings (SSSR count). The molecule has 1 unspecified atom stereocenters. The van der Waals surface area contributed by atoms with Crippen molar-refractivity contribution in [3.63, 3.8) is 0 Å². The van der Waals surface area contributed by atoms with Gasteiger partial charge in [-0.1, -0.05) is 84.5 Å². The van der Waals surface area contributed by atoms with Gasteiger partial charge in [0, 0.05) is 36.2 Å². The van der Waals surface area contributed by atoms with Crippen molar-refractivity contribution in [2.45, 2.75) is 110 Å². The smallest absolute Gasteiger partial charge is 0.408 e. The number of nitrogens with one attached hydrogen (secondary N) is 1. The van der Waals surface area contributed by atoms with Crippen LogP contribution in [0.25, 0.3) is 0 Å². The highest BCUT2D eigenvalue weighted by Gasteiger charge is 2.60. The molecule has 42 heavy (non-hydrogen) atoms. The molecular weight excluding hydrogens is 552 g/mol. The minimum absolute atomic E-state index is 0.000290. The summed E-state index contributed by atoms with van der Waals surface area (Å²) in [6.07, 6.45) is 7.76. The van der Waals surface area contributed by atoms with Crippen LogP contribution in [-0.4, -0.2) is 51.0 Å². The summed E-state index contributed by atoms with van der Waals surface area (Å²) < 4.78 is 0. The molecule has 2 atom stereocenters. The van der Waals surface area contributed by atoms with Gasteiger partial charge < -0.3 is 10.4 Å². The Morgan fingerprint density at radius 3 is 2.21 bits per heavy atom. The standard InChI is InChI=1S/C33H45ClN4O4/c1-31(2,3)23-13-15-26(16-14-23)38(29(40)33(32(4,5)6)17-10-18-37(33)30(41)42)27(22-19-24(34)21-35-20-22)28(39)36-25-11-8-7-9-12-25/h13-16,19-21,25,27H,7-12,17-18H2,1-6H3,(H,36,39)(H,41,42)/t27?,33-/m0/s1. The van der Waals surface area contributed by atoms with E-state index < -0.39 is 29.0 Å². The molecule has 2 aromatic rings. The Hall–Kier alpha value is -3.13. The topological polar surface area (TPSA) is 103 Å². The largest absolute Gasteiger partial charge is 0.465 e. The van der Waals surface area contributed by atoms with Crippen molar-refractivity contribution in [1.29, 1.82) is 0 Å². The third-order valence-electron chi connectivity index (χ3n) is 8.94. The summed E-state index contributed by atoms with van der Waals surface area (Å²) in [5.74, 6) is -0.759. The summed E-state index contributed by atoms with van der Waals surface area (Å²) in [4.78, 5) is 49.2. The molecule has 2 N–H and O–H groups in total. The first-order valence-electron chi connectivity index (χ1n) is 15.0. The van der Waals surface area contributed by atoms with Crippen LogP contribution in [0.2, 0.25) is 5.02 Å². The van der Waals surface area contributed by atoms with E-state index in [9.17, 15) is 14.7 Å². The monoisotopic (exact) mass is 596 g/mol. The van der Waals surface area contributed by atoms with Gasteiger partial charge >= 0.3 is 6.09 Å². The van der Waals surface area contributed by atoms with Crippen molar-refractivity contribution in [3.8, 4) is 0 Å². The maximum atomic E-state index is 15.2. The van der Waals surface area contributed by atoms with Gasteiger partial charge in [-0.3, -0.25) is 24.4 Å². The van der Waals surface area contributed by atoms with Crippen LogP contribution in [0.3, 0.4) is 0 Å². The fraction of sp³-hybridized carbons (Fsp3) is 0.576. The Balaban J connectivity index is 1.93. The van der Waals surface area contributed by atoms with Crippen LogP contribution >= 0.6 is 11.6 Å². The van der Waals surface area contributed by atoms with E-state index in [1.165, 1.54) is 16.0 Å². The molecule has 1 saturated carbocycles. The van der Waals surface area contributed by atoms with Gasteiger partial charge in [0.1, 0.15) is 11.6 Å². The zero-order valence-electron chi connectivity index (χ0n) is 25.7.